The van der Waals surface area contributed by atoms with Crippen LogP contribution in [0, 0.1) is 0 Å². The van der Waals surface area contributed by atoms with Crippen LogP contribution in [-0.4, -0.2) is 18.5 Å². The highest BCUT2D eigenvalue weighted by molar-refractivity contribution is 5.76. The van der Waals surface area contributed by atoms with Gasteiger partial charge in [-0.1, -0.05) is 18.2 Å². The van der Waals surface area contributed by atoms with E-state index in [0.717, 1.165) is 24.1 Å². The van der Waals surface area contributed by atoms with Crippen LogP contribution in [0.2, 0.25) is 0 Å². The molecule has 0 atom stereocenters. The summed E-state index contributed by atoms with van der Waals surface area (Å²) in [6.07, 6.45) is 2.81. The normalized spacial score (nSPS) is 14.6. The summed E-state index contributed by atoms with van der Waals surface area (Å²) in [5.74, 6) is 0.140. The van der Waals surface area contributed by atoms with E-state index in [1.54, 1.807) is 0 Å². The Morgan fingerprint density at radius 3 is 2.82 bits per heavy atom. The number of hydrogen-bond acceptors (Lipinski definition) is 3. The number of anilines is 1. The molecule has 0 heterocycles. The van der Waals surface area contributed by atoms with Gasteiger partial charge in [0.15, 0.2) is 0 Å². The van der Waals surface area contributed by atoms with Gasteiger partial charge in [-0.2, -0.15) is 0 Å². The summed E-state index contributed by atoms with van der Waals surface area (Å²) in [5.41, 5.74) is 7.69. The predicted molar refractivity (Wildman–Crippen MR) is 68.3 cm³/mol. The van der Waals surface area contributed by atoms with Crippen LogP contribution in [0.25, 0.3) is 0 Å². The average molecular weight is 233 g/mol. The van der Waals surface area contributed by atoms with E-state index in [1.807, 2.05) is 24.3 Å². The zero-order valence-corrected chi connectivity index (χ0v) is 9.91. The van der Waals surface area contributed by atoms with Crippen LogP contribution >= 0.6 is 0 Å². The zero-order valence-electron chi connectivity index (χ0n) is 9.91. The van der Waals surface area contributed by atoms with Crippen molar-refractivity contribution in [3.8, 4) is 0 Å². The minimum absolute atomic E-state index is 0.140. The second-order valence-corrected chi connectivity index (χ2v) is 4.47. The lowest BCUT2D eigenvalue weighted by atomic mass is 10.2. The molecule has 4 heteroatoms. The zero-order chi connectivity index (χ0) is 12.1. The standard InChI is InChI=1S/C13H19N3O/c14-12-4-2-1-3-10(12)9-15-8-7-13(17)16-11-5-6-11/h1-4,11,15H,5-9,14H2,(H,16,17). The molecule has 1 saturated carbocycles. The number of amides is 1. The molecule has 0 bridgehead atoms. The number of benzene rings is 1. The largest absolute Gasteiger partial charge is 0.398 e. The summed E-state index contributed by atoms with van der Waals surface area (Å²) in [6.45, 7) is 1.40. The van der Waals surface area contributed by atoms with Crippen LogP contribution in [0.1, 0.15) is 24.8 Å². The van der Waals surface area contributed by atoms with Crippen molar-refractivity contribution in [2.45, 2.75) is 31.8 Å². The lowest BCUT2D eigenvalue weighted by molar-refractivity contribution is -0.121. The van der Waals surface area contributed by atoms with Gasteiger partial charge in [-0.15, -0.1) is 0 Å². The maximum absolute atomic E-state index is 11.4. The molecule has 0 aliphatic heterocycles. The summed E-state index contributed by atoms with van der Waals surface area (Å²) >= 11 is 0. The van der Waals surface area contributed by atoms with E-state index in [-0.39, 0.29) is 5.91 Å². The summed E-state index contributed by atoms with van der Waals surface area (Å²) in [4.78, 5) is 11.4. The molecule has 1 amide bonds. The molecule has 0 aromatic heterocycles. The van der Waals surface area contributed by atoms with E-state index < -0.39 is 0 Å². The first-order valence-electron chi connectivity index (χ1n) is 6.09. The third kappa shape index (κ3) is 4.07. The van der Waals surface area contributed by atoms with Gasteiger partial charge in [0, 0.05) is 31.2 Å². The fourth-order valence-corrected chi connectivity index (χ4v) is 1.65. The van der Waals surface area contributed by atoms with Gasteiger partial charge in [0.1, 0.15) is 0 Å². The molecule has 1 aliphatic carbocycles. The van der Waals surface area contributed by atoms with Crippen LogP contribution < -0.4 is 16.4 Å². The number of carbonyl (C=O) groups excluding carboxylic acids is 1. The third-order valence-corrected chi connectivity index (χ3v) is 2.84. The smallest absolute Gasteiger partial charge is 0.221 e. The number of hydrogen-bond donors (Lipinski definition) is 3. The highest BCUT2D eigenvalue weighted by atomic mass is 16.1. The number of nitrogens with one attached hydrogen (secondary N) is 2. The number of rotatable bonds is 6. The molecule has 4 N–H and O–H groups in total. The Hall–Kier alpha value is -1.55. The van der Waals surface area contributed by atoms with Crippen LogP contribution in [0.3, 0.4) is 0 Å². The molecule has 0 saturated heterocycles. The van der Waals surface area contributed by atoms with Gasteiger partial charge in [0.05, 0.1) is 0 Å². The van der Waals surface area contributed by atoms with Gasteiger partial charge in [0.2, 0.25) is 5.91 Å². The minimum Gasteiger partial charge on any atom is -0.398 e. The molecule has 0 spiro atoms. The van der Waals surface area contributed by atoms with Crippen molar-refractivity contribution >= 4 is 11.6 Å². The average Bonchev–Trinajstić information content (AvgIpc) is 3.10. The van der Waals surface area contributed by atoms with Crippen molar-refractivity contribution in [3.63, 3.8) is 0 Å². The van der Waals surface area contributed by atoms with Crippen LogP contribution in [0.5, 0.6) is 0 Å². The quantitative estimate of drug-likeness (QED) is 0.508. The number of para-hydroxylation sites is 1. The lowest BCUT2D eigenvalue weighted by Gasteiger charge is -2.07. The molecular formula is C13H19N3O. The Bertz CT molecular complexity index is 388. The van der Waals surface area contributed by atoms with Crippen LogP contribution in [0.4, 0.5) is 5.69 Å². The fourth-order valence-electron chi connectivity index (χ4n) is 1.65. The van der Waals surface area contributed by atoms with Gasteiger partial charge in [-0.25, -0.2) is 0 Å². The maximum atomic E-state index is 11.4. The maximum Gasteiger partial charge on any atom is 0.221 e. The van der Waals surface area contributed by atoms with E-state index in [4.69, 9.17) is 5.73 Å². The van der Waals surface area contributed by atoms with Crippen molar-refractivity contribution in [3.05, 3.63) is 29.8 Å². The highest BCUT2D eigenvalue weighted by Gasteiger charge is 2.22. The van der Waals surface area contributed by atoms with E-state index >= 15 is 0 Å². The van der Waals surface area contributed by atoms with E-state index in [2.05, 4.69) is 10.6 Å². The first-order chi connectivity index (χ1) is 8.25. The van der Waals surface area contributed by atoms with Gasteiger partial charge in [-0.05, 0) is 24.5 Å². The lowest BCUT2D eigenvalue weighted by Crippen LogP contribution is -2.29. The van der Waals surface area contributed by atoms with Gasteiger partial charge in [-0.3, -0.25) is 4.79 Å². The van der Waals surface area contributed by atoms with Crippen LogP contribution in [-0.2, 0) is 11.3 Å². The molecule has 1 aromatic rings. The molecule has 1 aliphatic rings. The van der Waals surface area contributed by atoms with E-state index in [9.17, 15) is 4.79 Å². The Morgan fingerprint density at radius 1 is 1.35 bits per heavy atom. The first kappa shape index (κ1) is 11.9. The first-order valence-corrected chi connectivity index (χ1v) is 6.09. The Morgan fingerprint density at radius 2 is 2.12 bits per heavy atom. The summed E-state index contributed by atoms with van der Waals surface area (Å²) in [7, 11) is 0. The molecular weight excluding hydrogens is 214 g/mol. The van der Waals surface area contributed by atoms with E-state index in [1.165, 1.54) is 0 Å². The van der Waals surface area contributed by atoms with Gasteiger partial charge < -0.3 is 16.4 Å². The van der Waals surface area contributed by atoms with E-state index in [0.29, 0.717) is 25.6 Å². The summed E-state index contributed by atoms with van der Waals surface area (Å²) < 4.78 is 0. The molecule has 92 valence electrons. The van der Waals surface area contributed by atoms with Gasteiger partial charge in [0.25, 0.3) is 0 Å². The Balaban J connectivity index is 1.62. The Labute approximate surface area is 102 Å². The molecule has 1 aromatic carbocycles. The second kappa shape index (κ2) is 5.68. The number of nitrogens with two attached hydrogens (primary N) is 1. The van der Waals surface area contributed by atoms with Crippen molar-refractivity contribution < 1.29 is 4.79 Å². The topological polar surface area (TPSA) is 67.1 Å². The highest BCUT2D eigenvalue weighted by Crippen LogP contribution is 2.18. The van der Waals surface area contributed by atoms with Crippen LogP contribution in [0.15, 0.2) is 24.3 Å². The molecule has 4 nitrogen and oxygen atoms in total. The SMILES string of the molecule is Nc1ccccc1CNCCC(=O)NC1CC1. The molecule has 17 heavy (non-hydrogen) atoms. The Kier molecular flexibility index (Phi) is 3.98. The molecule has 1 fully saturated rings. The van der Waals surface area contributed by atoms with Crippen molar-refractivity contribution in [2.75, 3.05) is 12.3 Å². The van der Waals surface area contributed by atoms with Gasteiger partial charge >= 0.3 is 0 Å². The monoisotopic (exact) mass is 233 g/mol. The fraction of sp³-hybridized carbons (Fsp3) is 0.462. The summed E-state index contributed by atoms with van der Waals surface area (Å²) in [5, 5.41) is 6.19. The number of carbonyl (C=O) groups is 1. The minimum atomic E-state index is 0.140. The molecule has 2 rings (SSSR count). The molecule has 0 radical (unpaired) electrons. The third-order valence-electron chi connectivity index (χ3n) is 2.84. The predicted octanol–water partition coefficient (Wildman–Crippen LogP) is 1.03. The van der Waals surface area contributed by atoms with Crippen molar-refractivity contribution in [2.24, 2.45) is 0 Å². The second-order valence-electron chi connectivity index (χ2n) is 4.47. The molecule has 0 unspecified atom stereocenters. The summed E-state index contributed by atoms with van der Waals surface area (Å²) in [6, 6.07) is 8.21. The van der Waals surface area contributed by atoms with Crippen molar-refractivity contribution in [1.82, 2.24) is 10.6 Å². The number of nitrogen functional groups attached to an aromatic ring is 1. The van der Waals surface area contributed by atoms with Crippen molar-refractivity contribution in [1.29, 1.82) is 0 Å².